The Morgan fingerprint density at radius 2 is 1.89 bits per heavy atom. The second kappa shape index (κ2) is 9.26. The first-order chi connectivity index (χ1) is 13.6. The lowest BCUT2D eigenvalue weighted by atomic mass is 9.85. The van der Waals surface area contributed by atoms with Crippen LogP contribution in [0, 0.1) is 5.92 Å². The Kier molecular flexibility index (Phi) is 6.53. The van der Waals surface area contributed by atoms with E-state index in [1.54, 1.807) is 32.4 Å². The lowest BCUT2D eigenvalue weighted by Crippen LogP contribution is -2.28. The zero-order valence-electron chi connectivity index (χ0n) is 16.3. The van der Waals surface area contributed by atoms with Gasteiger partial charge < -0.3 is 20.1 Å². The number of methoxy groups -OCH3 is 2. The second-order valence-corrected chi connectivity index (χ2v) is 6.95. The van der Waals surface area contributed by atoms with E-state index in [-0.39, 0.29) is 24.2 Å². The van der Waals surface area contributed by atoms with E-state index < -0.39 is 0 Å². The fraction of sp³-hybridized carbons (Fsp3) is 0.364. The quantitative estimate of drug-likeness (QED) is 0.734. The summed E-state index contributed by atoms with van der Waals surface area (Å²) in [6.45, 7) is 0.387. The van der Waals surface area contributed by atoms with Crippen LogP contribution in [0.5, 0.6) is 11.5 Å². The van der Waals surface area contributed by atoms with Crippen LogP contribution < -0.4 is 20.1 Å². The third-order valence-corrected chi connectivity index (χ3v) is 5.00. The maximum atomic E-state index is 12.4. The highest BCUT2D eigenvalue weighted by molar-refractivity contribution is 5.93. The minimum Gasteiger partial charge on any atom is -0.497 e. The van der Waals surface area contributed by atoms with E-state index in [1.807, 2.05) is 24.3 Å². The van der Waals surface area contributed by atoms with Crippen LogP contribution in [-0.4, -0.2) is 26.0 Å². The molecule has 148 valence electrons. The number of hydrogen-bond acceptors (Lipinski definition) is 4. The summed E-state index contributed by atoms with van der Waals surface area (Å²) in [5.74, 6) is 1.43. The van der Waals surface area contributed by atoms with Crippen molar-refractivity contribution in [2.24, 2.45) is 5.92 Å². The van der Waals surface area contributed by atoms with Gasteiger partial charge in [0, 0.05) is 23.7 Å². The summed E-state index contributed by atoms with van der Waals surface area (Å²) in [5, 5.41) is 5.87. The maximum Gasteiger partial charge on any atom is 0.227 e. The van der Waals surface area contributed by atoms with Crippen molar-refractivity contribution in [3.8, 4) is 11.5 Å². The van der Waals surface area contributed by atoms with Crippen LogP contribution in [0.3, 0.4) is 0 Å². The molecule has 2 N–H and O–H groups in total. The number of nitrogens with one attached hydrogen (secondary N) is 2. The third kappa shape index (κ3) is 5.03. The molecule has 0 bridgehead atoms. The van der Waals surface area contributed by atoms with Gasteiger partial charge in [0.25, 0.3) is 0 Å². The van der Waals surface area contributed by atoms with Gasteiger partial charge in [-0.2, -0.15) is 0 Å². The molecule has 6 heteroatoms. The zero-order valence-corrected chi connectivity index (χ0v) is 16.3. The molecule has 1 saturated carbocycles. The van der Waals surface area contributed by atoms with Crippen LogP contribution in [-0.2, 0) is 22.6 Å². The lowest BCUT2D eigenvalue weighted by molar-refractivity contribution is -0.122. The van der Waals surface area contributed by atoms with E-state index in [9.17, 15) is 9.59 Å². The second-order valence-electron chi connectivity index (χ2n) is 6.95. The molecule has 2 aromatic carbocycles. The molecule has 0 unspecified atom stereocenters. The molecule has 2 aromatic rings. The first kappa shape index (κ1) is 19.7. The van der Waals surface area contributed by atoms with E-state index >= 15 is 0 Å². The Morgan fingerprint density at radius 1 is 1.07 bits per heavy atom. The summed E-state index contributed by atoms with van der Waals surface area (Å²) < 4.78 is 10.5. The van der Waals surface area contributed by atoms with Gasteiger partial charge in [-0.25, -0.2) is 0 Å². The average molecular weight is 382 g/mol. The molecule has 0 spiro atoms. The molecule has 0 aliphatic heterocycles. The van der Waals surface area contributed by atoms with Gasteiger partial charge in [-0.05, 0) is 48.7 Å². The molecule has 0 atom stereocenters. The third-order valence-electron chi connectivity index (χ3n) is 5.00. The molecule has 6 nitrogen and oxygen atoms in total. The van der Waals surface area contributed by atoms with Gasteiger partial charge in [0.15, 0.2) is 0 Å². The first-order valence-corrected chi connectivity index (χ1v) is 9.46. The Balaban J connectivity index is 1.56. The van der Waals surface area contributed by atoms with Crippen LogP contribution in [0.2, 0.25) is 0 Å². The summed E-state index contributed by atoms with van der Waals surface area (Å²) in [5.41, 5.74) is 2.45. The number of carbonyl (C=O) groups is 2. The molecule has 28 heavy (non-hydrogen) atoms. The number of amides is 2. The summed E-state index contributed by atoms with van der Waals surface area (Å²) in [7, 11) is 3.16. The van der Waals surface area contributed by atoms with Crippen molar-refractivity contribution in [2.45, 2.75) is 32.2 Å². The molecular weight excluding hydrogens is 356 g/mol. The smallest absolute Gasteiger partial charge is 0.227 e. The topological polar surface area (TPSA) is 76.7 Å². The predicted octanol–water partition coefficient (Wildman–Crippen LogP) is 3.30. The van der Waals surface area contributed by atoms with Gasteiger partial charge in [0.1, 0.15) is 11.5 Å². The van der Waals surface area contributed by atoms with Crippen LogP contribution >= 0.6 is 0 Å². The molecule has 0 radical (unpaired) electrons. The summed E-state index contributed by atoms with van der Waals surface area (Å²) in [4.78, 5) is 24.5. The van der Waals surface area contributed by atoms with Crippen LogP contribution in [0.25, 0.3) is 0 Å². The number of rotatable bonds is 8. The van der Waals surface area contributed by atoms with E-state index in [2.05, 4.69) is 10.6 Å². The minimum absolute atomic E-state index is 0.0811. The maximum absolute atomic E-state index is 12.4. The SMILES string of the molecule is COc1ccc(OC)c(CC(=O)NCc2cccc(NC(=O)C3CCC3)c2)c1. The molecule has 2 amide bonds. The normalized spacial score (nSPS) is 13.4. The predicted molar refractivity (Wildman–Crippen MR) is 108 cm³/mol. The standard InChI is InChI=1S/C22H26N2O4/c1-27-19-9-10-20(28-2)17(12-19)13-21(25)23-14-15-5-3-8-18(11-15)24-22(26)16-6-4-7-16/h3,5,8-12,16H,4,6-7,13-14H2,1-2H3,(H,23,25)(H,24,26). The van der Waals surface area contributed by atoms with Gasteiger partial charge in [-0.3, -0.25) is 9.59 Å². The highest BCUT2D eigenvalue weighted by Gasteiger charge is 2.25. The molecule has 0 aromatic heterocycles. The van der Waals surface area contributed by atoms with Crippen molar-refractivity contribution in [3.05, 3.63) is 53.6 Å². The first-order valence-electron chi connectivity index (χ1n) is 9.46. The summed E-state index contributed by atoms with van der Waals surface area (Å²) >= 11 is 0. The summed E-state index contributed by atoms with van der Waals surface area (Å²) in [6, 6.07) is 12.9. The average Bonchev–Trinajstić information content (AvgIpc) is 2.65. The van der Waals surface area contributed by atoms with E-state index in [0.29, 0.717) is 18.0 Å². The zero-order chi connectivity index (χ0) is 19.9. The van der Waals surface area contributed by atoms with E-state index in [4.69, 9.17) is 9.47 Å². The van der Waals surface area contributed by atoms with Gasteiger partial charge in [0.2, 0.25) is 11.8 Å². The van der Waals surface area contributed by atoms with Gasteiger partial charge in [-0.15, -0.1) is 0 Å². The fourth-order valence-electron chi connectivity index (χ4n) is 3.13. The largest absolute Gasteiger partial charge is 0.497 e. The highest BCUT2D eigenvalue weighted by atomic mass is 16.5. The molecule has 0 heterocycles. The van der Waals surface area contributed by atoms with Crippen LogP contribution in [0.4, 0.5) is 5.69 Å². The summed E-state index contributed by atoms with van der Waals surface area (Å²) in [6.07, 6.45) is 3.26. The van der Waals surface area contributed by atoms with E-state index in [1.165, 1.54) is 0 Å². The molecular formula is C22H26N2O4. The molecule has 1 aliphatic carbocycles. The van der Waals surface area contributed by atoms with Gasteiger partial charge in [0.05, 0.1) is 20.6 Å². The van der Waals surface area contributed by atoms with Crippen molar-refractivity contribution < 1.29 is 19.1 Å². The lowest BCUT2D eigenvalue weighted by Gasteiger charge is -2.24. The number of anilines is 1. The highest BCUT2D eigenvalue weighted by Crippen LogP contribution is 2.28. The molecule has 0 saturated heterocycles. The van der Waals surface area contributed by atoms with Crippen molar-refractivity contribution in [3.63, 3.8) is 0 Å². The number of ether oxygens (including phenoxy) is 2. The molecule has 3 rings (SSSR count). The van der Waals surface area contributed by atoms with Crippen molar-refractivity contribution >= 4 is 17.5 Å². The van der Waals surface area contributed by atoms with Crippen molar-refractivity contribution in [1.82, 2.24) is 5.32 Å². The van der Waals surface area contributed by atoms with Crippen molar-refractivity contribution in [1.29, 1.82) is 0 Å². The molecule has 1 fully saturated rings. The number of carbonyl (C=O) groups excluding carboxylic acids is 2. The van der Waals surface area contributed by atoms with Crippen molar-refractivity contribution in [2.75, 3.05) is 19.5 Å². The Hall–Kier alpha value is -3.02. The Bertz CT molecular complexity index is 846. The van der Waals surface area contributed by atoms with E-state index in [0.717, 1.165) is 36.1 Å². The van der Waals surface area contributed by atoms with Gasteiger partial charge in [-0.1, -0.05) is 18.6 Å². The van der Waals surface area contributed by atoms with Gasteiger partial charge >= 0.3 is 0 Å². The monoisotopic (exact) mass is 382 g/mol. The Morgan fingerprint density at radius 3 is 2.57 bits per heavy atom. The number of hydrogen-bond donors (Lipinski definition) is 2. The minimum atomic E-state index is -0.115. The van der Waals surface area contributed by atoms with Crippen LogP contribution in [0.15, 0.2) is 42.5 Å². The molecule has 1 aliphatic rings. The number of benzene rings is 2. The fourth-order valence-corrected chi connectivity index (χ4v) is 3.13. The van der Waals surface area contributed by atoms with Crippen LogP contribution in [0.1, 0.15) is 30.4 Å². The Labute approximate surface area is 165 Å².